The minimum Gasteiger partial charge on any atom is -0.467 e. The smallest absolute Gasteiger partial charge is 0.224 e. The van der Waals surface area contributed by atoms with Gasteiger partial charge in [0.2, 0.25) is 5.91 Å². The normalized spacial score (nSPS) is 24.5. The zero-order valence-corrected chi connectivity index (χ0v) is 16.1. The van der Waals surface area contributed by atoms with Crippen LogP contribution in [0.15, 0.2) is 71.3 Å². The maximum Gasteiger partial charge on any atom is 0.224 e. The molecule has 0 saturated heterocycles. The van der Waals surface area contributed by atoms with Crippen molar-refractivity contribution >= 4 is 5.91 Å². The van der Waals surface area contributed by atoms with E-state index < -0.39 is 0 Å². The molecule has 2 aromatic carbocycles. The van der Waals surface area contributed by atoms with Gasteiger partial charge in [0.05, 0.1) is 18.7 Å². The first-order valence-corrected chi connectivity index (χ1v) is 10.3. The molecule has 3 aliphatic rings. The largest absolute Gasteiger partial charge is 0.467 e. The summed E-state index contributed by atoms with van der Waals surface area (Å²) in [4.78, 5) is 13.4. The van der Waals surface area contributed by atoms with Crippen LogP contribution in [0.5, 0.6) is 0 Å². The standard InChI is InChI=1S/C25H25NO2/c1-2-8-21-22-17-10-3-5-12-19(17)23(20-13-6-4-11-18(20)22)24(21)25(27)26-15-16-9-7-14-28-16/h3-7,9-14,21-24H,2,8,15H2,1H3,(H,26,27)/t21-,22?,23?,24-/m0/s1. The summed E-state index contributed by atoms with van der Waals surface area (Å²) in [5.74, 6) is 1.67. The Balaban J connectivity index is 1.57. The summed E-state index contributed by atoms with van der Waals surface area (Å²) in [5, 5.41) is 3.16. The first kappa shape index (κ1) is 17.3. The van der Waals surface area contributed by atoms with Crippen molar-refractivity contribution in [2.45, 2.75) is 38.1 Å². The molecule has 2 bridgehead atoms. The zero-order valence-electron chi connectivity index (χ0n) is 16.1. The molecule has 0 saturated carbocycles. The second-order valence-electron chi connectivity index (χ2n) is 7.99. The maximum absolute atomic E-state index is 13.4. The van der Waals surface area contributed by atoms with E-state index >= 15 is 0 Å². The number of fused-ring (bicyclic) bond motifs is 1. The monoisotopic (exact) mass is 371 g/mol. The summed E-state index contributed by atoms with van der Waals surface area (Å²) in [6.07, 6.45) is 3.79. The summed E-state index contributed by atoms with van der Waals surface area (Å²) in [7, 11) is 0. The van der Waals surface area contributed by atoms with Crippen LogP contribution in [0.2, 0.25) is 0 Å². The maximum atomic E-state index is 13.4. The van der Waals surface area contributed by atoms with Crippen LogP contribution in [0, 0.1) is 11.8 Å². The van der Waals surface area contributed by atoms with Gasteiger partial charge in [0.1, 0.15) is 5.76 Å². The van der Waals surface area contributed by atoms with E-state index in [1.165, 1.54) is 22.3 Å². The molecular weight excluding hydrogens is 346 g/mol. The lowest BCUT2D eigenvalue weighted by atomic mass is 9.53. The van der Waals surface area contributed by atoms with Crippen LogP contribution in [0.25, 0.3) is 0 Å². The first-order chi connectivity index (χ1) is 13.8. The molecule has 3 nitrogen and oxygen atoms in total. The number of carbonyl (C=O) groups is 1. The molecule has 6 rings (SSSR count). The molecule has 142 valence electrons. The van der Waals surface area contributed by atoms with Gasteiger partial charge < -0.3 is 9.73 Å². The lowest BCUT2D eigenvalue weighted by molar-refractivity contribution is -0.128. The van der Waals surface area contributed by atoms with E-state index in [0.717, 1.165) is 18.6 Å². The Labute approximate surface area is 165 Å². The lowest BCUT2D eigenvalue weighted by Crippen LogP contribution is -2.47. The highest BCUT2D eigenvalue weighted by Gasteiger charge is 2.51. The van der Waals surface area contributed by atoms with Gasteiger partial charge >= 0.3 is 0 Å². The molecule has 3 heteroatoms. The van der Waals surface area contributed by atoms with Crippen LogP contribution in [0.4, 0.5) is 0 Å². The van der Waals surface area contributed by atoms with E-state index in [1.807, 2.05) is 12.1 Å². The van der Waals surface area contributed by atoms with Crippen LogP contribution in [-0.2, 0) is 11.3 Å². The van der Waals surface area contributed by atoms with Gasteiger partial charge in [-0.3, -0.25) is 4.79 Å². The van der Waals surface area contributed by atoms with Crippen LogP contribution in [0.3, 0.4) is 0 Å². The average Bonchev–Trinajstić information content (AvgIpc) is 3.26. The number of benzene rings is 2. The Bertz CT molecular complexity index is 944. The van der Waals surface area contributed by atoms with Gasteiger partial charge in [-0.25, -0.2) is 0 Å². The molecule has 0 fully saturated rings. The van der Waals surface area contributed by atoms with Crippen molar-refractivity contribution in [1.29, 1.82) is 0 Å². The van der Waals surface area contributed by atoms with E-state index in [-0.39, 0.29) is 17.7 Å². The third kappa shape index (κ3) is 2.61. The van der Waals surface area contributed by atoms with Gasteiger partial charge in [0.15, 0.2) is 0 Å². The molecule has 1 amide bonds. The molecule has 0 aliphatic heterocycles. The molecular formula is C25H25NO2. The summed E-state index contributed by atoms with van der Waals surface area (Å²) in [6.45, 7) is 2.67. The highest BCUT2D eigenvalue weighted by molar-refractivity contribution is 5.83. The number of rotatable bonds is 5. The minimum absolute atomic E-state index is 0.0373. The second kappa shape index (κ2) is 6.97. The predicted octanol–water partition coefficient (Wildman–Crippen LogP) is 5.22. The highest BCUT2D eigenvalue weighted by Crippen LogP contribution is 2.59. The van der Waals surface area contributed by atoms with Gasteiger partial charge in [0.25, 0.3) is 0 Å². The molecule has 1 heterocycles. The predicted molar refractivity (Wildman–Crippen MR) is 109 cm³/mol. The van der Waals surface area contributed by atoms with E-state index in [2.05, 4.69) is 60.8 Å². The highest BCUT2D eigenvalue weighted by atomic mass is 16.3. The van der Waals surface area contributed by atoms with Gasteiger partial charge in [-0.2, -0.15) is 0 Å². The minimum atomic E-state index is -0.0373. The third-order valence-corrected chi connectivity index (χ3v) is 6.52. The Morgan fingerprint density at radius 3 is 2.04 bits per heavy atom. The number of hydrogen-bond acceptors (Lipinski definition) is 2. The van der Waals surface area contributed by atoms with Crippen LogP contribution >= 0.6 is 0 Å². The number of carbonyl (C=O) groups excluding carboxylic acids is 1. The lowest BCUT2D eigenvalue weighted by Gasteiger charge is -2.50. The Morgan fingerprint density at radius 2 is 1.50 bits per heavy atom. The molecule has 3 aliphatic carbocycles. The van der Waals surface area contributed by atoms with E-state index in [0.29, 0.717) is 18.4 Å². The third-order valence-electron chi connectivity index (χ3n) is 6.52. The summed E-state index contributed by atoms with van der Waals surface area (Å²) >= 11 is 0. The number of furan rings is 1. The second-order valence-corrected chi connectivity index (χ2v) is 7.99. The number of amides is 1. The van der Waals surface area contributed by atoms with Crippen molar-refractivity contribution < 1.29 is 9.21 Å². The van der Waals surface area contributed by atoms with Crippen LogP contribution in [-0.4, -0.2) is 5.91 Å². The number of nitrogens with one attached hydrogen (secondary N) is 1. The molecule has 2 atom stereocenters. The molecule has 0 unspecified atom stereocenters. The summed E-state index contributed by atoms with van der Waals surface area (Å²) in [5.41, 5.74) is 5.49. The fourth-order valence-electron chi connectivity index (χ4n) is 5.52. The Hall–Kier alpha value is -2.81. The van der Waals surface area contributed by atoms with Crippen molar-refractivity contribution in [2.75, 3.05) is 0 Å². The topological polar surface area (TPSA) is 42.2 Å². The fraction of sp³-hybridized carbons (Fsp3) is 0.320. The van der Waals surface area contributed by atoms with Crippen molar-refractivity contribution in [2.24, 2.45) is 11.8 Å². The molecule has 1 N–H and O–H groups in total. The molecule has 1 aromatic heterocycles. The van der Waals surface area contributed by atoms with Crippen molar-refractivity contribution in [3.8, 4) is 0 Å². The van der Waals surface area contributed by atoms with Gasteiger partial charge in [0, 0.05) is 11.8 Å². The van der Waals surface area contributed by atoms with Gasteiger partial charge in [-0.05, 0) is 46.7 Å². The van der Waals surface area contributed by atoms with Crippen molar-refractivity contribution in [1.82, 2.24) is 5.32 Å². The van der Waals surface area contributed by atoms with E-state index in [4.69, 9.17) is 4.42 Å². The van der Waals surface area contributed by atoms with E-state index in [9.17, 15) is 4.79 Å². The van der Waals surface area contributed by atoms with E-state index in [1.54, 1.807) is 6.26 Å². The van der Waals surface area contributed by atoms with Crippen LogP contribution in [0.1, 0.15) is 59.6 Å². The van der Waals surface area contributed by atoms with Gasteiger partial charge in [-0.1, -0.05) is 61.9 Å². The summed E-state index contributed by atoms with van der Waals surface area (Å²) in [6, 6.07) is 21.2. The van der Waals surface area contributed by atoms with Crippen molar-refractivity contribution in [3.63, 3.8) is 0 Å². The summed E-state index contributed by atoms with van der Waals surface area (Å²) < 4.78 is 5.41. The fourth-order valence-corrected chi connectivity index (χ4v) is 5.52. The van der Waals surface area contributed by atoms with Crippen LogP contribution < -0.4 is 5.32 Å². The quantitative estimate of drug-likeness (QED) is 0.668. The van der Waals surface area contributed by atoms with Gasteiger partial charge in [-0.15, -0.1) is 0 Å². The molecule has 28 heavy (non-hydrogen) atoms. The molecule has 0 spiro atoms. The first-order valence-electron chi connectivity index (χ1n) is 10.3. The number of hydrogen-bond donors (Lipinski definition) is 1. The van der Waals surface area contributed by atoms with Crippen molar-refractivity contribution in [3.05, 3.63) is 94.9 Å². The Morgan fingerprint density at radius 1 is 0.893 bits per heavy atom. The SMILES string of the molecule is CCC[C@H]1C2c3ccccc3C(c3ccccc32)[C@H]1C(=O)NCc1ccco1. The average molecular weight is 371 g/mol. The Kier molecular flexibility index (Phi) is 4.31. The zero-order chi connectivity index (χ0) is 19.1. The molecule has 3 aromatic rings. The molecule has 0 radical (unpaired) electrons.